The minimum Gasteiger partial charge on any atom is -0.335 e. The molecule has 11 heteroatoms. The third kappa shape index (κ3) is 5.73. The number of pyridine rings is 1. The van der Waals surface area contributed by atoms with Crippen LogP contribution in [0.2, 0.25) is 4.34 Å². The standard InChI is InChI=1S/C16H19ClN4O4S2/c1-11-6-7-18-13(8-11)19-14(22)9-20(2)15(23)10-21(3)27(24,25)16-5-4-12(17)26-16/h4-8H,9-10H2,1-3H3,(H,18,19,22). The van der Waals surface area contributed by atoms with Crippen molar-refractivity contribution in [3.8, 4) is 0 Å². The fourth-order valence-electron chi connectivity index (χ4n) is 2.08. The van der Waals surface area contributed by atoms with E-state index in [0.29, 0.717) is 10.2 Å². The van der Waals surface area contributed by atoms with E-state index in [4.69, 9.17) is 11.6 Å². The number of halogens is 1. The highest BCUT2D eigenvalue weighted by molar-refractivity contribution is 7.91. The molecule has 0 aliphatic rings. The van der Waals surface area contributed by atoms with Crippen molar-refractivity contribution >= 4 is 50.6 Å². The molecule has 0 saturated heterocycles. The third-order valence-electron chi connectivity index (χ3n) is 3.56. The number of hydrogen-bond acceptors (Lipinski definition) is 6. The SMILES string of the molecule is Cc1ccnc(NC(=O)CN(C)C(=O)CN(C)S(=O)(=O)c2ccc(Cl)s2)c1. The number of nitrogens with zero attached hydrogens (tertiary/aromatic N) is 3. The molecule has 2 heterocycles. The molecule has 2 rings (SSSR count). The summed E-state index contributed by atoms with van der Waals surface area (Å²) in [5.41, 5.74) is 0.935. The molecule has 0 aromatic carbocycles. The molecule has 0 unspecified atom stereocenters. The highest BCUT2D eigenvalue weighted by Crippen LogP contribution is 2.27. The molecule has 2 amide bonds. The summed E-state index contributed by atoms with van der Waals surface area (Å²) in [7, 11) is -1.10. The quantitative estimate of drug-likeness (QED) is 0.722. The normalized spacial score (nSPS) is 11.4. The smallest absolute Gasteiger partial charge is 0.252 e. The van der Waals surface area contributed by atoms with Gasteiger partial charge < -0.3 is 10.2 Å². The molecule has 1 N–H and O–H groups in total. The van der Waals surface area contributed by atoms with Crippen molar-refractivity contribution in [3.63, 3.8) is 0 Å². The Morgan fingerprint density at radius 3 is 2.52 bits per heavy atom. The Kier molecular flexibility index (Phi) is 6.93. The summed E-state index contributed by atoms with van der Waals surface area (Å²) in [5.74, 6) is -0.564. The number of anilines is 1. The summed E-state index contributed by atoms with van der Waals surface area (Å²) in [6, 6.07) is 6.36. The lowest BCUT2D eigenvalue weighted by Gasteiger charge is -2.21. The zero-order chi connectivity index (χ0) is 20.2. The first-order valence-electron chi connectivity index (χ1n) is 7.77. The number of sulfonamides is 1. The number of hydrogen-bond donors (Lipinski definition) is 1. The average Bonchev–Trinajstić information content (AvgIpc) is 3.01. The first-order chi connectivity index (χ1) is 12.6. The topological polar surface area (TPSA) is 99.7 Å². The van der Waals surface area contributed by atoms with Gasteiger partial charge >= 0.3 is 0 Å². The van der Waals surface area contributed by atoms with Gasteiger partial charge in [0.1, 0.15) is 10.0 Å². The van der Waals surface area contributed by atoms with Crippen LogP contribution in [0, 0.1) is 6.92 Å². The fourth-order valence-corrected chi connectivity index (χ4v) is 4.89. The lowest BCUT2D eigenvalue weighted by atomic mass is 10.3. The molecule has 27 heavy (non-hydrogen) atoms. The predicted molar refractivity (Wildman–Crippen MR) is 104 cm³/mol. The van der Waals surface area contributed by atoms with Crippen LogP contribution in [0.5, 0.6) is 0 Å². The molecule has 146 valence electrons. The van der Waals surface area contributed by atoms with Gasteiger partial charge in [0.15, 0.2) is 0 Å². The van der Waals surface area contributed by atoms with Gasteiger partial charge in [0.25, 0.3) is 10.0 Å². The summed E-state index contributed by atoms with van der Waals surface area (Å²) in [6.45, 7) is 1.24. The molecular weight excluding hydrogens is 412 g/mol. The summed E-state index contributed by atoms with van der Waals surface area (Å²) >= 11 is 6.68. The van der Waals surface area contributed by atoms with Crippen molar-refractivity contribution in [2.24, 2.45) is 0 Å². The Labute approximate surface area is 166 Å². The second kappa shape index (κ2) is 8.79. The Balaban J connectivity index is 1.93. The summed E-state index contributed by atoms with van der Waals surface area (Å²) in [4.78, 5) is 29.5. The van der Waals surface area contributed by atoms with Gasteiger partial charge in [-0.2, -0.15) is 4.31 Å². The molecule has 0 radical (unpaired) electrons. The van der Waals surface area contributed by atoms with Crippen molar-refractivity contribution in [2.45, 2.75) is 11.1 Å². The number of aromatic nitrogens is 1. The number of likely N-dealkylation sites (N-methyl/N-ethyl adjacent to an activating group) is 2. The van der Waals surface area contributed by atoms with Gasteiger partial charge in [-0.05, 0) is 36.8 Å². The van der Waals surface area contributed by atoms with Crippen molar-refractivity contribution in [2.75, 3.05) is 32.5 Å². The minimum atomic E-state index is -3.82. The van der Waals surface area contributed by atoms with E-state index in [-0.39, 0.29) is 10.8 Å². The molecule has 2 aromatic rings. The van der Waals surface area contributed by atoms with E-state index in [1.165, 1.54) is 26.2 Å². The first-order valence-corrected chi connectivity index (χ1v) is 10.4. The highest BCUT2D eigenvalue weighted by Gasteiger charge is 2.26. The van der Waals surface area contributed by atoms with Crippen molar-refractivity contribution in [3.05, 3.63) is 40.4 Å². The monoisotopic (exact) mass is 430 g/mol. The van der Waals surface area contributed by atoms with Crippen LogP contribution in [0.15, 0.2) is 34.7 Å². The van der Waals surface area contributed by atoms with Gasteiger partial charge in [0.05, 0.1) is 17.4 Å². The van der Waals surface area contributed by atoms with Gasteiger partial charge in [-0.1, -0.05) is 11.6 Å². The van der Waals surface area contributed by atoms with E-state index >= 15 is 0 Å². The van der Waals surface area contributed by atoms with Crippen LogP contribution >= 0.6 is 22.9 Å². The molecule has 8 nitrogen and oxygen atoms in total. The van der Waals surface area contributed by atoms with Crippen LogP contribution < -0.4 is 5.32 Å². The summed E-state index contributed by atoms with van der Waals surface area (Å²) in [5, 5.41) is 2.59. The molecule has 0 atom stereocenters. The number of thiophene rings is 1. The highest BCUT2D eigenvalue weighted by atomic mass is 35.5. The van der Waals surface area contributed by atoms with E-state index in [2.05, 4.69) is 10.3 Å². The first kappa shape index (κ1) is 21.3. The second-order valence-corrected chi connectivity index (χ2v) is 9.82. The lowest BCUT2D eigenvalue weighted by Crippen LogP contribution is -2.42. The number of aryl methyl sites for hydroxylation is 1. The number of carbonyl (C=O) groups excluding carboxylic acids is 2. The Morgan fingerprint density at radius 2 is 1.93 bits per heavy atom. The minimum absolute atomic E-state index is 0.0497. The average molecular weight is 431 g/mol. The maximum Gasteiger partial charge on any atom is 0.252 e. The maximum absolute atomic E-state index is 12.4. The van der Waals surface area contributed by atoms with Gasteiger partial charge in [-0.25, -0.2) is 13.4 Å². The van der Waals surface area contributed by atoms with E-state index in [0.717, 1.165) is 26.1 Å². The maximum atomic E-state index is 12.4. The van der Waals surface area contributed by atoms with E-state index < -0.39 is 28.4 Å². The molecule has 0 saturated carbocycles. The number of amides is 2. The Morgan fingerprint density at radius 1 is 1.22 bits per heavy atom. The molecule has 0 spiro atoms. The van der Waals surface area contributed by atoms with Crippen LogP contribution in [0.3, 0.4) is 0 Å². The number of carbonyl (C=O) groups is 2. The van der Waals surface area contributed by atoms with E-state index in [1.807, 2.05) is 6.92 Å². The van der Waals surface area contributed by atoms with Crippen LogP contribution in [0.25, 0.3) is 0 Å². The largest absolute Gasteiger partial charge is 0.335 e. The molecule has 0 fully saturated rings. The van der Waals surface area contributed by atoms with Crippen molar-refractivity contribution in [1.29, 1.82) is 0 Å². The van der Waals surface area contributed by atoms with Crippen LogP contribution in [0.1, 0.15) is 5.56 Å². The zero-order valence-corrected chi connectivity index (χ0v) is 17.4. The van der Waals surface area contributed by atoms with Crippen molar-refractivity contribution in [1.82, 2.24) is 14.2 Å². The van der Waals surface area contributed by atoms with Gasteiger partial charge in [0.2, 0.25) is 11.8 Å². The Hall–Kier alpha value is -2.01. The summed E-state index contributed by atoms with van der Waals surface area (Å²) < 4.78 is 26.2. The molecule has 0 bridgehead atoms. The lowest BCUT2D eigenvalue weighted by molar-refractivity contribution is -0.133. The number of nitrogens with one attached hydrogen (secondary N) is 1. The van der Waals surface area contributed by atoms with E-state index in [1.54, 1.807) is 18.3 Å². The predicted octanol–water partition coefficient (Wildman–Crippen LogP) is 1.82. The molecule has 0 aliphatic heterocycles. The third-order valence-corrected chi connectivity index (χ3v) is 7.06. The van der Waals surface area contributed by atoms with Crippen LogP contribution in [-0.2, 0) is 19.6 Å². The second-order valence-electron chi connectivity index (χ2n) is 5.84. The molecule has 0 aliphatic carbocycles. The Bertz CT molecular complexity index is 945. The fraction of sp³-hybridized carbons (Fsp3) is 0.312. The van der Waals surface area contributed by atoms with E-state index in [9.17, 15) is 18.0 Å². The molecule has 2 aromatic heterocycles. The van der Waals surface area contributed by atoms with Gasteiger partial charge in [-0.3, -0.25) is 9.59 Å². The van der Waals surface area contributed by atoms with Gasteiger partial charge in [0, 0.05) is 20.3 Å². The van der Waals surface area contributed by atoms with Gasteiger partial charge in [-0.15, -0.1) is 11.3 Å². The van der Waals surface area contributed by atoms with Crippen molar-refractivity contribution < 1.29 is 18.0 Å². The zero-order valence-electron chi connectivity index (χ0n) is 15.0. The van der Waals surface area contributed by atoms with Crippen LogP contribution in [0.4, 0.5) is 5.82 Å². The molecular formula is C16H19ClN4O4S2. The summed E-state index contributed by atoms with van der Waals surface area (Å²) in [6.07, 6.45) is 1.57. The number of rotatable bonds is 7. The van der Waals surface area contributed by atoms with Crippen LogP contribution in [-0.4, -0.2) is 61.6 Å².